The number of benzene rings is 1. The number of fused-ring (bicyclic) bond motifs is 1. The molecule has 0 amide bonds. The van der Waals surface area contributed by atoms with Gasteiger partial charge in [-0.15, -0.1) is 0 Å². The van der Waals surface area contributed by atoms with E-state index in [-0.39, 0.29) is 0 Å². The third-order valence-electron chi connectivity index (χ3n) is 4.13. The second kappa shape index (κ2) is 5.29. The van der Waals surface area contributed by atoms with Crippen LogP contribution in [0.4, 0.5) is 5.69 Å². The van der Waals surface area contributed by atoms with Crippen molar-refractivity contribution >= 4 is 5.69 Å². The Labute approximate surface area is 109 Å². The summed E-state index contributed by atoms with van der Waals surface area (Å²) >= 11 is 0. The predicted octanol–water partition coefficient (Wildman–Crippen LogP) is 1.95. The lowest BCUT2D eigenvalue weighted by atomic mass is 9.97. The van der Waals surface area contributed by atoms with E-state index < -0.39 is 0 Å². The maximum atomic E-state index is 5.61. The monoisotopic (exact) mass is 246 g/mol. The molecule has 3 heteroatoms. The van der Waals surface area contributed by atoms with Crippen molar-refractivity contribution in [1.82, 2.24) is 5.32 Å². The highest BCUT2D eigenvalue weighted by Crippen LogP contribution is 2.29. The number of ether oxygens (including phenoxy) is 1. The van der Waals surface area contributed by atoms with Gasteiger partial charge in [0.15, 0.2) is 0 Å². The summed E-state index contributed by atoms with van der Waals surface area (Å²) in [7, 11) is 0. The molecule has 3 rings (SSSR count). The van der Waals surface area contributed by atoms with Crippen LogP contribution >= 0.6 is 0 Å². The zero-order chi connectivity index (χ0) is 12.4. The van der Waals surface area contributed by atoms with E-state index in [0.29, 0.717) is 6.04 Å². The van der Waals surface area contributed by atoms with Crippen molar-refractivity contribution in [2.45, 2.75) is 32.4 Å². The first kappa shape index (κ1) is 12.0. The Morgan fingerprint density at radius 2 is 2.39 bits per heavy atom. The maximum Gasteiger partial charge on any atom is 0.0670 e. The highest BCUT2D eigenvalue weighted by atomic mass is 16.5. The van der Waals surface area contributed by atoms with Crippen LogP contribution in [0.15, 0.2) is 18.2 Å². The van der Waals surface area contributed by atoms with Crippen LogP contribution in [-0.4, -0.2) is 32.3 Å². The number of morpholine rings is 1. The fraction of sp³-hybridized carbons (Fsp3) is 0.600. The average Bonchev–Trinajstić information content (AvgIpc) is 2.46. The first-order valence-electron chi connectivity index (χ1n) is 7.06. The van der Waals surface area contributed by atoms with E-state index in [1.54, 1.807) is 0 Å². The lowest BCUT2D eigenvalue weighted by Gasteiger charge is -2.39. The normalized spacial score (nSPS) is 23.8. The van der Waals surface area contributed by atoms with Crippen LogP contribution in [0.1, 0.15) is 24.5 Å². The van der Waals surface area contributed by atoms with Crippen molar-refractivity contribution < 1.29 is 4.74 Å². The molecule has 1 fully saturated rings. The minimum absolute atomic E-state index is 0.534. The van der Waals surface area contributed by atoms with E-state index in [1.807, 2.05) is 0 Å². The standard InChI is InChI=1S/C15H22N2O/c1-2-13-11-18-9-8-17(13)15-5-3-4-12-6-7-16-10-14(12)15/h3-5,13,16H,2,6-11H2,1H3. The summed E-state index contributed by atoms with van der Waals surface area (Å²) in [6.45, 7) is 7.12. The summed E-state index contributed by atoms with van der Waals surface area (Å²) in [5.74, 6) is 0. The maximum absolute atomic E-state index is 5.61. The fourth-order valence-corrected chi connectivity index (χ4v) is 3.08. The molecule has 0 aliphatic carbocycles. The van der Waals surface area contributed by atoms with Crippen molar-refractivity contribution in [3.8, 4) is 0 Å². The number of nitrogens with zero attached hydrogens (tertiary/aromatic N) is 1. The van der Waals surface area contributed by atoms with E-state index in [1.165, 1.54) is 16.8 Å². The van der Waals surface area contributed by atoms with Gasteiger partial charge in [-0.1, -0.05) is 19.1 Å². The molecule has 0 spiro atoms. The summed E-state index contributed by atoms with van der Waals surface area (Å²) in [5.41, 5.74) is 4.45. The van der Waals surface area contributed by atoms with Gasteiger partial charge in [-0.3, -0.25) is 0 Å². The number of rotatable bonds is 2. The van der Waals surface area contributed by atoms with Crippen molar-refractivity contribution in [1.29, 1.82) is 0 Å². The van der Waals surface area contributed by atoms with Gasteiger partial charge in [0.1, 0.15) is 0 Å². The molecule has 0 radical (unpaired) electrons. The molecule has 1 aromatic carbocycles. The molecule has 2 aliphatic rings. The molecule has 0 bridgehead atoms. The summed E-state index contributed by atoms with van der Waals surface area (Å²) < 4.78 is 5.61. The zero-order valence-electron chi connectivity index (χ0n) is 11.1. The molecule has 1 atom stereocenters. The van der Waals surface area contributed by atoms with Gasteiger partial charge in [-0.2, -0.15) is 0 Å². The van der Waals surface area contributed by atoms with Gasteiger partial charge in [-0.25, -0.2) is 0 Å². The Morgan fingerprint density at radius 3 is 3.28 bits per heavy atom. The van der Waals surface area contributed by atoms with E-state index in [0.717, 1.165) is 45.7 Å². The van der Waals surface area contributed by atoms with E-state index in [9.17, 15) is 0 Å². The van der Waals surface area contributed by atoms with Crippen LogP contribution < -0.4 is 10.2 Å². The first-order valence-corrected chi connectivity index (χ1v) is 7.06. The first-order chi connectivity index (χ1) is 8.90. The van der Waals surface area contributed by atoms with E-state index in [2.05, 4.69) is 35.3 Å². The lowest BCUT2D eigenvalue weighted by molar-refractivity contribution is 0.0929. The largest absolute Gasteiger partial charge is 0.377 e. The Kier molecular flexibility index (Phi) is 3.52. The topological polar surface area (TPSA) is 24.5 Å². The van der Waals surface area contributed by atoms with Gasteiger partial charge in [0, 0.05) is 18.8 Å². The van der Waals surface area contributed by atoms with Crippen molar-refractivity contribution in [2.75, 3.05) is 31.2 Å². The molecular formula is C15H22N2O. The van der Waals surface area contributed by atoms with Gasteiger partial charge >= 0.3 is 0 Å². The van der Waals surface area contributed by atoms with Crippen molar-refractivity contribution in [3.63, 3.8) is 0 Å². The second-order valence-corrected chi connectivity index (χ2v) is 5.17. The molecule has 1 aromatic rings. The number of hydrogen-bond donors (Lipinski definition) is 1. The molecule has 18 heavy (non-hydrogen) atoms. The molecule has 0 aromatic heterocycles. The van der Waals surface area contributed by atoms with Gasteiger partial charge in [0.2, 0.25) is 0 Å². The molecule has 2 heterocycles. The fourth-order valence-electron chi connectivity index (χ4n) is 3.08. The Balaban J connectivity index is 1.95. The quantitative estimate of drug-likeness (QED) is 0.863. The Hall–Kier alpha value is -1.06. The second-order valence-electron chi connectivity index (χ2n) is 5.17. The summed E-state index contributed by atoms with van der Waals surface area (Å²) in [6.07, 6.45) is 2.31. The van der Waals surface area contributed by atoms with Crippen LogP contribution in [0.3, 0.4) is 0 Å². The molecule has 0 saturated carbocycles. The van der Waals surface area contributed by atoms with Crippen LogP contribution in [0.2, 0.25) is 0 Å². The third kappa shape index (κ3) is 2.13. The summed E-state index contributed by atoms with van der Waals surface area (Å²) in [4.78, 5) is 2.55. The van der Waals surface area contributed by atoms with Crippen LogP contribution in [0.5, 0.6) is 0 Å². The van der Waals surface area contributed by atoms with E-state index >= 15 is 0 Å². The Morgan fingerprint density at radius 1 is 1.44 bits per heavy atom. The summed E-state index contributed by atoms with van der Waals surface area (Å²) in [5, 5.41) is 3.50. The molecule has 98 valence electrons. The summed E-state index contributed by atoms with van der Waals surface area (Å²) in [6, 6.07) is 7.30. The van der Waals surface area contributed by atoms with E-state index in [4.69, 9.17) is 4.74 Å². The van der Waals surface area contributed by atoms with Crippen LogP contribution in [0.25, 0.3) is 0 Å². The molecule has 1 saturated heterocycles. The van der Waals surface area contributed by atoms with Crippen molar-refractivity contribution in [3.05, 3.63) is 29.3 Å². The molecule has 1 unspecified atom stereocenters. The number of hydrogen-bond acceptors (Lipinski definition) is 3. The van der Waals surface area contributed by atoms with Crippen molar-refractivity contribution in [2.24, 2.45) is 0 Å². The van der Waals surface area contributed by atoms with Crippen LogP contribution in [0, 0.1) is 0 Å². The minimum atomic E-state index is 0.534. The number of anilines is 1. The molecule has 3 nitrogen and oxygen atoms in total. The smallest absolute Gasteiger partial charge is 0.0670 e. The number of nitrogens with one attached hydrogen (secondary N) is 1. The molecular weight excluding hydrogens is 224 g/mol. The van der Waals surface area contributed by atoms with Gasteiger partial charge in [0.25, 0.3) is 0 Å². The predicted molar refractivity (Wildman–Crippen MR) is 74.1 cm³/mol. The van der Waals surface area contributed by atoms with Gasteiger partial charge in [0.05, 0.1) is 19.3 Å². The van der Waals surface area contributed by atoms with Crippen LogP contribution in [-0.2, 0) is 17.7 Å². The SMILES string of the molecule is CCC1COCCN1c1cccc2c1CNCC2. The van der Waals surface area contributed by atoms with Gasteiger partial charge < -0.3 is 15.0 Å². The minimum Gasteiger partial charge on any atom is -0.377 e. The highest BCUT2D eigenvalue weighted by molar-refractivity contribution is 5.58. The zero-order valence-corrected chi connectivity index (χ0v) is 11.1. The molecule has 2 aliphatic heterocycles. The average molecular weight is 246 g/mol. The molecule has 1 N–H and O–H groups in total. The highest BCUT2D eigenvalue weighted by Gasteiger charge is 2.25. The lowest BCUT2D eigenvalue weighted by Crippen LogP contribution is -2.46. The Bertz CT molecular complexity index is 419. The van der Waals surface area contributed by atoms with Gasteiger partial charge in [-0.05, 0) is 36.6 Å². The third-order valence-corrected chi connectivity index (χ3v) is 4.13.